The number of aromatic amines is 1. The molecule has 2 unspecified atom stereocenters. The van der Waals surface area contributed by atoms with Crippen molar-refractivity contribution in [1.82, 2.24) is 10.1 Å². The summed E-state index contributed by atoms with van der Waals surface area (Å²) in [6.45, 7) is 2.29. The number of H-pyrrole nitrogens is 1. The van der Waals surface area contributed by atoms with E-state index in [2.05, 4.69) is 16.2 Å². The molecule has 0 aliphatic heterocycles. The second kappa shape index (κ2) is 5.40. The molecule has 0 saturated heterocycles. The summed E-state index contributed by atoms with van der Waals surface area (Å²) in [5.41, 5.74) is 7.26. The van der Waals surface area contributed by atoms with E-state index >= 15 is 0 Å². The van der Waals surface area contributed by atoms with Crippen LogP contribution in [0.25, 0.3) is 10.9 Å². The maximum atomic E-state index is 11.5. The zero-order valence-corrected chi connectivity index (χ0v) is 13.4. The van der Waals surface area contributed by atoms with Gasteiger partial charge in [0, 0.05) is 28.8 Å². The van der Waals surface area contributed by atoms with Crippen molar-refractivity contribution in [2.75, 3.05) is 0 Å². The average molecular weight is 325 g/mol. The zero-order chi connectivity index (χ0) is 16.7. The first-order valence-electron chi connectivity index (χ1n) is 7.98. The lowest BCUT2D eigenvalue weighted by Gasteiger charge is -2.04. The van der Waals surface area contributed by atoms with E-state index in [1.807, 2.05) is 25.1 Å². The highest BCUT2D eigenvalue weighted by Crippen LogP contribution is 2.53. The van der Waals surface area contributed by atoms with Crippen molar-refractivity contribution in [2.45, 2.75) is 26.4 Å². The van der Waals surface area contributed by atoms with Gasteiger partial charge in [-0.05, 0) is 42.3 Å². The highest BCUT2D eigenvalue weighted by atomic mass is 16.5. The monoisotopic (exact) mass is 325 g/mol. The Balaban J connectivity index is 1.46. The summed E-state index contributed by atoms with van der Waals surface area (Å²) in [6.07, 6.45) is 3.29. The number of rotatable bonds is 6. The van der Waals surface area contributed by atoms with Gasteiger partial charge in [0.15, 0.2) is 5.76 Å². The average Bonchev–Trinajstić information content (AvgIpc) is 2.96. The van der Waals surface area contributed by atoms with Crippen LogP contribution in [0.1, 0.15) is 24.8 Å². The van der Waals surface area contributed by atoms with Crippen molar-refractivity contribution in [3.8, 4) is 5.75 Å². The van der Waals surface area contributed by atoms with Crippen LogP contribution in [-0.4, -0.2) is 16.0 Å². The fourth-order valence-corrected chi connectivity index (χ4v) is 3.15. The van der Waals surface area contributed by atoms with E-state index in [9.17, 15) is 4.79 Å². The molecule has 0 radical (unpaired) electrons. The van der Waals surface area contributed by atoms with E-state index in [4.69, 9.17) is 15.0 Å². The van der Waals surface area contributed by atoms with Gasteiger partial charge in [0.05, 0.1) is 6.20 Å². The first-order valence-corrected chi connectivity index (χ1v) is 7.98. The van der Waals surface area contributed by atoms with Crippen LogP contribution in [0.3, 0.4) is 0 Å². The molecular formula is C18H19N3O3. The number of nitrogens with one attached hydrogen (secondary N) is 1. The van der Waals surface area contributed by atoms with Crippen molar-refractivity contribution in [3.63, 3.8) is 0 Å². The number of carbonyl (C=O) groups is 1. The Labute approximate surface area is 139 Å². The van der Waals surface area contributed by atoms with Gasteiger partial charge in [-0.1, -0.05) is 12.1 Å². The second-order valence-electron chi connectivity index (χ2n) is 6.70. The molecule has 1 amide bonds. The van der Waals surface area contributed by atoms with E-state index in [-0.39, 0.29) is 11.3 Å². The Kier molecular flexibility index (Phi) is 3.33. The summed E-state index contributed by atoms with van der Waals surface area (Å²) in [4.78, 5) is 14.9. The molecule has 3 aromatic rings. The quantitative estimate of drug-likeness (QED) is 0.728. The number of amides is 1. The molecule has 0 bridgehead atoms. The van der Waals surface area contributed by atoms with Gasteiger partial charge in [-0.2, -0.15) is 0 Å². The SMILES string of the molecule is CC1(C(N)=O)CC1Cc1cc2ccc(OCc3ccno3)cc2[nH]1. The first kappa shape index (κ1) is 14.8. The molecule has 1 aliphatic carbocycles. The summed E-state index contributed by atoms with van der Waals surface area (Å²) < 4.78 is 10.7. The molecule has 1 aromatic carbocycles. The van der Waals surface area contributed by atoms with E-state index in [0.717, 1.165) is 35.2 Å². The molecule has 6 nitrogen and oxygen atoms in total. The summed E-state index contributed by atoms with van der Waals surface area (Å²) in [6, 6.07) is 9.81. The highest BCUT2D eigenvalue weighted by Gasteiger charge is 2.54. The van der Waals surface area contributed by atoms with Crippen molar-refractivity contribution in [2.24, 2.45) is 17.1 Å². The molecule has 24 heavy (non-hydrogen) atoms. The minimum Gasteiger partial charge on any atom is -0.485 e. The molecule has 2 heterocycles. The fraction of sp³-hybridized carbons (Fsp3) is 0.333. The van der Waals surface area contributed by atoms with E-state index in [0.29, 0.717) is 18.3 Å². The third kappa shape index (κ3) is 2.64. The van der Waals surface area contributed by atoms with Gasteiger partial charge in [0.2, 0.25) is 5.91 Å². The molecular weight excluding hydrogens is 306 g/mol. The minimum atomic E-state index is -0.345. The maximum Gasteiger partial charge on any atom is 0.223 e. The van der Waals surface area contributed by atoms with Gasteiger partial charge in [-0.15, -0.1) is 0 Å². The molecule has 3 N–H and O–H groups in total. The topological polar surface area (TPSA) is 94.1 Å². The molecule has 4 rings (SSSR count). The fourth-order valence-electron chi connectivity index (χ4n) is 3.15. The largest absolute Gasteiger partial charge is 0.485 e. The number of hydrogen-bond acceptors (Lipinski definition) is 4. The number of fused-ring (bicyclic) bond motifs is 1. The van der Waals surface area contributed by atoms with Crippen molar-refractivity contribution in [1.29, 1.82) is 0 Å². The van der Waals surface area contributed by atoms with Crippen LogP contribution in [0.15, 0.2) is 41.1 Å². The smallest absolute Gasteiger partial charge is 0.223 e. The third-order valence-corrected chi connectivity index (χ3v) is 4.96. The van der Waals surface area contributed by atoms with Gasteiger partial charge in [0.25, 0.3) is 0 Å². The van der Waals surface area contributed by atoms with Gasteiger partial charge in [-0.25, -0.2) is 0 Å². The standard InChI is InChI=1S/C18H19N3O3/c1-18(17(19)22)9-12(18)7-13-6-11-2-3-14(8-16(11)21-13)23-10-15-4-5-20-24-15/h2-6,8,12,21H,7,9-10H2,1H3,(H2,19,22). The Morgan fingerprint density at radius 3 is 3.04 bits per heavy atom. The van der Waals surface area contributed by atoms with Crippen molar-refractivity contribution < 1.29 is 14.1 Å². The molecule has 0 spiro atoms. The van der Waals surface area contributed by atoms with Crippen LogP contribution in [0.4, 0.5) is 0 Å². The second-order valence-corrected chi connectivity index (χ2v) is 6.70. The number of nitrogens with zero attached hydrogens (tertiary/aromatic N) is 1. The predicted octanol–water partition coefficient (Wildman–Crippen LogP) is 2.79. The molecule has 124 valence electrons. The van der Waals surface area contributed by atoms with E-state index in [1.54, 1.807) is 12.3 Å². The Hall–Kier alpha value is -2.76. The molecule has 1 aliphatic rings. The number of hydrogen-bond donors (Lipinski definition) is 2. The van der Waals surface area contributed by atoms with Crippen LogP contribution in [0.5, 0.6) is 5.75 Å². The maximum absolute atomic E-state index is 11.5. The van der Waals surface area contributed by atoms with Crippen LogP contribution in [0.2, 0.25) is 0 Å². The predicted molar refractivity (Wildman–Crippen MR) is 88.2 cm³/mol. The van der Waals surface area contributed by atoms with Gasteiger partial charge < -0.3 is 20.0 Å². The first-order chi connectivity index (χ1) is 11.5. The summed E-state index contributed by atoms with van der Waals surface area (Å²) in [5, 5.41) is 4.77. The normalized spacial score (nSPS) is 22.6. The Morgan fingerprint density at radius 1 is 1.46 bits per heavy atom. The molecule has 2 aromatic heterocycles. The van der Waals surface area contributed by atoms with Gasteiger partial charge in [-0.3, -0.25) is 4.79 Å². The van der Waals surface area contributed by atoms with E-state index < -0.39 is 0 Å². The molecule has 2 atom stereocenters. The number of aromatic nitrogens is 2. The van der Waals surface area contributed by atoms with Gasteiger partial charge in [0.1, 0.15) is 12.4 Å². The van der Waals surface area contributed by atoms with Crippen molar-refractivity contribution >= 4 is 16.8 Å². The molecule has 1 fully saturated rings. The Bertz CT molecular complexity index is 884. The number of nitrogens with two attached hydrogens (primary N) is 1. The van der Waals surface area contributed by atoms with Gasteiger partial charge >= 0.3 is 0 Å². The zero-order valence-electron chi connectivity index (χ0n) is 13.4. The molecule has 1 saturated carbocycles. The lowest BCUT2D eigenvalue weighted by Crippen LogP contribution is -2.24. The lowest BCUT2D eigenvalue weighted by molar-refractivity contribution is -0.122. The van der Waals surface area contributed by atoms with Crippen LogP contribution in [-0.2, 0) is 17.8 Å². The third-order valence-electron chi connectivity index (χ3n) is 4.96. The van der Waals surface area contributed by atoms with Crippen molar-refractivity contribution in [3.05, 3.63) is 48.0 Å². The van der Waals surface area contributed by atoms with Crippen LogP contribution in [0, 0.1) is 11.3 Å². The highest BCUT2D eigenvalue weighted by molar-refractivity contribution is 5.84. The number of benzene rings is 1. The molecule has 6 heteroatoms. The summed E-state index contributed by atoms with van der Waals surface area (Å²) in [5.74, 6) is 1.57. The number of carbonyl (C=O) groups excluding carboxylic acids is 1. The Morgan fingerprint density at radius 2 is 2.33 bits per heavy atom. The summed E-state index contributed by atoms with van der Waals surface area (Å²) >= 11 is 0. The van der Waals surface area contributed by atoms with Crippen LogP contribution >= 0.6 is 0 Å². The number of primary amides is 1. The lowest BCUT2D eigenvalue weighted by atomic mass is 10.0. The van der Waals surface area contributed by atoms with Crippen LogP contribution < -0.4 is 10.5 Å². The minimum absolute atomic E-state index is 0.202. The van der Waals surface area contributed by atoms with E-state index in [1.165, 1.54) is 0 Å². The summed E-state index contributed by atoms with van der Waals surface area (Å²) in [7, 11) is 0. The number of ether oxygens (including phenoxy) is 1.